The molecule has 0 fully saturated rings. The molecule has 13 heteroatoms. The van der Waals surface area contributed by atoms with Gasteiger partial charge < -0.3 is 5.32 Å². The van der Waals surface area contributed by atoms with E-state index in [0.29, 0.717) is 39.9 Å². The second-order valence-corrected chi connectivity index (χ2v) is 11.3. The van der Waals surface area contributed by atoms with Gasteiger partial charge in [-0.05, 0) is 48.4 Å². The van der Waals surface area contributed by atoms with Crippen LogP contribution in [0.25, 0.3) is 16.7 Å². The normalized spacial score (nSPS) is 15.2. The number of nitrogens with one attached hydrogen (secondary N) is 1. The summed E-state index contributed by atoms with van der Waals surface area (Å²) in [5.41, 5.74) is 1.84. The molecule has 1 amide bonds. The van der Waals surface area contributed by atoms with Crippen LogP contribution in [-0.2, 0) is 21.2 Å². The first-order valence-corrected chi connectivity index (χ1v) is 13.9. The molecule has 0 saturated heterocycles. The Bertz CT molecular complexity index is 1620. The van der Waals surface area contributed by atoms with Crippen molar-refractivity contribution in [3.63, 3.8) is 0 Å². The maximum atomic E-state index is 13.3. The van der Waals surface area contributed by atoms with Crippen molar-refractivity contribution >= 4 is 50.3 Å². The van der Waals surface area contributed by atoms with Crippen molar-refractivity contribution < 1.29 is 13.2 Å². The maximum Gasteiger partial charge on any atom is 0.265 e. The number of thioether (sulfide) groups is 1. The largest absolute Gasteiger partial charge is 0.356 e. The van der Waals surface area contributed by atoms with E-state index in [4.69, 9.17) is 16.7 Å². The van der Waals surface area contributed by atoms with E-state index in [1.165, 1.54) is 30.1 Å². The Morgan fingerprint density at radius 2 is 1.89 bits per heavy atom. The van der Waals surface area contributed by atoms with Crippen LogP contribution in [0.5, 0.6) is 0 Å². The van der Waals surface area contributed by atoms with Gasteiger partial charge in [-0.15, -0.1) is 0 Å². The minimum Gasteiger partial charge on any atom is -0.356 e. The number of primary sulfonamides is 1. The Balaban J connectivity index is 1.26. The highest BCUT2D eigenvalue weighted by Gasteiger charge is 2.29. The molecule has 5 rings (SSSR count). The SMILES string of the molecule is NS(=O)(=O)c1ccc(CCNC(=O)CC2CSc3nc4c(cnn4-c4ccc(Cl)cc4)c(=O)n32)cc1. The van der Waals surface area contributed by atoms with E-state index >= 15 is 0 Å². The molecule has 186 valence electrons. The number of hydrogen-bond acceptors (Lipinski definition) is 7. The van der Waals surface area contributed by atoms with Gasteiger partial charge in [0.1, 0.15) is 5.39 Å². The van der Waals surface area contributed by atoms with Gasteiger partial charge >= 0.3 is 0 Å². The predicted molar refractivity (Wildman–Crippen MR) is 137 cm³/mol. The molecular formula is C23H21ClN6O4S2. The molecule has 0 saturated carbocycles. The molecule has 1 aliphatic rings. The van der Waals surface area contributed by atoms with Crippen LogP contribution in [0.15, 0.2) is 69.6 Å². The number of sulfonamides is 1. The number of nitrogens with zero attached hydrogens (tertiary/aromatic N) is 4. The second kappa shape index (κ2) is 9.69. The van der Waals surface area contributed by atoms with E-state index < -0.39 is 10.0 Å². The molecule has 4 aromatic rings. The molecule has 0 spiro atoms. The monoisotopic (exact) mass is 544 g/mol. The second-order valence-electron chi connectivity index (χ2n) is 8.30. The summed E-state index contributed by atoms with van der Waals surface area (Å²) in [4.78, 5) is 30.6. The zero-order valence-electron chi connectivity index (χ0n) is 18.8. The van der Waals surface area contributed by atoms with Crippen molar-refractivity contribution in [2.24, 2.45) is 5.14 Å². The van der Waals surface area contributed by atoms with Crippen molar-refractivity contribution in [3.8, 4) is 5.69 Å². The molecule has 3 N–H and O–H groups in total. The zero-order valence-corrected chi connectivity index (χ0v) is 21.2. The van der Waals surface area contributed by atoms with E-state index in [2.05, 4.69) is 15.4 Å². The average Bonchev–Trinajstić information content (AvgIpc) is 3.44. The van der Waals surface area contributed by atoms with Crippen LogP contribution in [0.4, 0.5) is 0 Å². The summed E-state index contributed by atoms with van der Waals surface area (Å²) in [5.74, 6) is 0.379. The topological polar surface area (TPSA) is 142 Å². The number of benzene rings is 2. The first-order chi connectivity index (χ1) is 17.2. The van der Waals surface area contributed by atoms with Gasteiger partial charge in [0.05, 0.1) is 22.8 Å². The fraction of sp³-hybridized carbons (Fsp3) is 0.217. The third-order valence-electron chi connectivity index (χ3n) is 5.85. The van der Waals surface area contributed by atoms with Crippen molar-refractivity contribution in [3.05, 3.63) is 75.7 Å². The third kappa shape index (κ3) is 4.89. The van der Waals surface area contributed by atoms with Crippen molar-refractivity contribution in [1.29, 1.82) is 0 Å². The number of fused-ring (bicyclic) bond motifs is 2. The van der Waals surface area contributed by atoms with Crippen LogP contribution in [0, 0.1) is 0 Å². The van der Waals surface area contributed by atoms with Crippen LogP contribution in [0.1, 0.15) is 18.0 Å². The highest BCUT2D eigenvalue weighted by atomic mass is 35.5. The number of carbonyl (C=O) groups is 1. The smallest absolute Gasteiger partial charge is 0.265 e. The van der Waals surface area contributed by atoms with E-state index in [1.807, 2.05) is 0 Å². The molecular weight excluding hydrogens is 524 g/mol. The third-order valence-corrected chi connectivity index (χ3v) is 8.13. The standard InChI is InChI=1S/C23H21ClN6O4S2/c24-15-3-5-16(6-4-15)30-21-19(12-27-30)22(32)29-17(13-35-23(29)28-21)11-20(31)26-10-9-14-1-7-18(8-2-14)36(25,33)34/h1-8,12,17H,9-11,13H2,(H,26,31)(H2,25,33,34). The summed E-state index contributed by atoms with van der Waals surface area (Å²) in [6, 6.07) is 13.0. The van der Waals surface area contributed by atoms with Gasteiger partial charge in [0.25, 0.3) is 5.56 Å². The Labute approximate surface area is 215 Å². The lowest BCUT2D eigenvalue weighted by molar-refractivity contribution is -0.121. The van der Waals surface area contributed by atoms with Gasteiger partial charge in [0, 0.05) is 23.7 Å². The van der Waals surface area contributed by atoms with Crippen LogP contribution in [0.3, 0.4) is 0 Å². The van der Waals surface area contributed by atoms with E-state index in [1.54, 1.807) is 45.6 Å². The minimum atomic E-state index is -3.74. The highest BCUT2D eigenvalue weighted by molar-refractivity contribution is 7.99. The van der Waals surface area contributed by atoms with Crippen molar-refractivity contribution in [1.82, 2.24) is 24.6 Å². The Morgan fingerprint density at radius 3 is 2.58 bits per heavy atom. The van der Waals surface area contributed by atoms with Gasteiger partial charge in [0.15, 0.2) is 10.8 Å². The molecule has 0 aliphatic carbocycles. The fourth-order valence-corrected chi connectivity index (χ4v) is 5.80. The molecule has 2 aromatic heterocycles. The molecule has 3 heterocycles. The molecule has 0 radical (unpaired) electrons. The number of hydrogen-bond donors (Lipinski definition) is 2. The van der Waals surface area contributed by atoms with Gasteiger partial charge in [-0.3, -0.25) is 14.2 Å². The van der Waals surface area contributed by atoms with Gasteiger partial charge in [0.2, 0.25) is 15.9 Å². The fourth-order valence-electron chi connectivity index (χ4n) is 4.03. The predicted octanol–water partition coefficient (Wildman–Crippen LogP) is 2.28. The lowest BCUT2D eigenvalue weighted by atomic mass is 10.1. The van der Waals surface area contributed by atoms with Crippen molar-refractivity contribution in [2.75, 3.05) is 12.3 Å². The summed E-state index contributed by atoms with van der Waals surface area (Å²) < 4.78 is 25.9. The van der Waals surface area contributed by atoms with Crippen LogP contribution in [0.2, 0.25) is 5.02 Å². The number of halogens is 1. The molecule has 1 atom stereocenters. The molecule has 0 bridgehead atoms. The number of nitrogens with two attached hydrogens (primary N) is 1. The number of carbonyl (C=O) groups excluding carboxylic acids is 1. The van der Waals surface area contributed by atoms with Gasteiger partial charge in [-0.25, -0.2) is 23.2 Å². The number of amides is 1. The van der Waals surface area contributed by atoms with E-state index in [0.717, 1.165) is 11.3 Å². The summed E-state index contributed by atoms with van der Waals surface area (Å²) in [7, 11) is -3.74. The number of aromatic nitrogens is 4. The molecule has 1 aliphatic heterocycles. The van der Waals surface area contributed by atoms with Gasteiger partial charge in [-0.2, -0.15) is 5.10 Å². The molecule has 10 nitrogen and oxygen atoms in total. The number of rotatable bonds is 7. The quantitative estimate of drug-likeness (QED) is 0.340. The van der Waals surface area contributed by atoms with E-state index in [9.17, 15) is 18.0 Å². The maximum absolute atomic E-state index is 13.3. The Hall–Kier alpha value is -3.19. The van der Waals surface area contributed by atoms with Gasteiger partial charge in [-0.1, -0.05) is 35.5 Å². The Morgan fingerprint density at radius 1 is 1.17 bits per heavy atom. The molecule has 2 aromatic carbocycles. The van der Waals surface area contributed by atoms with Crippen LogP contribution in [-0.4, -0.2) is 46.0 Å². The summed E-state index contributed by atoms with van der Waals surface area (Å²) in [6.45, 7) is 0.375. The Kier molecular flexibility index (Phi) is 6.60. The highest BCUT2D eigenvalue weighted by Crippen LogP contribution is 2.33. The first-order valence-electron chi connectivity index (χ1n) is 11.0. The average molecular weight is 545 g/mol. The van der Waals surface area contributed by atoms with Crippen LogP contribution >= 0.6 is 23.4 Å². The summed E-state index contributed by atoms with van der Waals surface area (Å²) in [6.07, 6.45) is 2.16. The summed E-state index contributed by atoms with van der Waals surface area (Å²) >= 11 is 7.41. The molecule has 36 heavy (non-hydrogen) atoms. The lowest BCUT2D eigenvalue weighted by Crippen LogP contribution is -2.31. The molecule has 1 unspecified atom stereocenters. The lowest BCUT2D eigenvalue weighted by Gasteiger charge is -2.13. The van der Waals surface area contributed by atoms with E-state index in [-0.39, 0.29) is 28.8 Å². The van der Waals surface area contributed by atoms with Crippen LogP contribution < -0.4 is 16.0 Å². The first kappa shape index (κ1) is 24.5. The van der Waals surface area contributed by atoms with Crippen molar-refractivity contribution in [2.45, 2.75) is 28.9 Å². The minimum absolute atomic E-state index is 0.0413. The zero-order chi connectivity index (χ0) is 25.4. The summed E-state index contributed by atoms with van der Waals surface area (Å²) in [5, 5.41) is 13.8.